The summed E-state index contributed by atoms with van der Waals surface area (Å²) in [4.78, 5) is 9.33. The highest BCUT2D eigenvalue weighted by atomic mass is 19.4. The third-order valence-electron chi connectivity index (χ3n) is 4.54. The molecule has 0 saturated carbocycles. The van der Waals surface area contributed by atoms with E-state index in [-0.39, 0.29) is 0 Å². The largest absolute Gasteiger partial charge is 0.497 e. The van der Waals surface area contributed by atoms with Gasteiger partial charge in [-0.05, 0) is 29.8 Å². The summed E-state index contributed by atoms with van der Waals surface area (Å²) in [6.45, 7) is 0. The van der Waals surface area contributed by atoms with E-state index >= 15 is 0 Å². The normalized spacial score (nSPS) is 11.7. The number of aromatic nitrogens is 2. The van der Waals surface area contributed by atoms with Gasteiger partial charge in [-0.15, -0.1) is 0 Å². The smallest absolute Gasteiger partial charge is 0.416 e. The average molecular weight is 422 g/mol. The van der Waals surface area contributed by atoms with Gasteiger partial charge in [-0.2, -0.15) is 18.3 Å². The Kier molecular flexibility index (Phi) is 5.53. The summed E-state index contributed by atoms with van der Waals surface area (Å²) in [6, 6.07) is 19.6. The van der Waals surface area contributed by atoms with Crippen molar-refractivity contribution in [2.75, 3.05) is 12.5 Å². The molecule has 0 fully saturated rings. The minimum atomic E-state index is -4.37. The Bertz CT molecular complexity index is 1220. The summed E-state index contributed by atoms with van der Waals surface area (Å²) >= 11 is 0. The molecule has 0 radical (unpaired) electrons. The molecule has 4 aromatic rings. The number of rotatable bonds is 5. The van der Waals surface area contributed by atoms with Crippen molar-refractivity contribution in [3.8, 4) is 17.0 Å². The van der Waals surface area contributed by atoms with E-state index in [1.165, 1.54) is 18.3 Å². The van der Waals surface area contributed by atoms with Crippen molar-refractivity contribution in [2.45, 2.75) is 6.18 Å². The van der Waals surface area contributed by atoms with Crippen molar-refractivity contribution in [1.82, 2.24) is 9.97 Å². The van der Waals surface area contributed by atoms with Crippen molar-refractivity contribution in [3.05, 3.63) is 83.9 Å². The number of anilines is 1. The molecular weight excluding hydrogens is 405 g/mol. The van der Waals surface area contributed by atoms with E-state index < -0.39 is 11.7 Å². The molecule has 4 rings (SSSR count). The Hall–Kier alpha value is -3.94. The van der Waals surface area contributed by atoms with E-state index in [0.717, 1.165) is 17.7 Å². The van der Waals surface area contributed by atoms with E-state index in [0.29, 0.717) is 33.9 Å². The van der Waals surface area contributed by atoms with Crippen LogP contribution in [-0.2, 0) is 6.18 Å². The van der Waals surface area contributed by atoms with Gasteiger partial charge in [0.05, 0.1) is 29.9 Å². The predicted octanol–water partition coefficient (Wildman–Crippen LogP) is 5.77. The van der Waals surface area contributed by atoms with Gasteiger partial charge in [0.2, 0.25) is 0 Å². The number of hydrogen-bond donors (Lipinski definition) is 1. The van der Waals surface area contributed by atoms with Crippen LogP contribution in [0.15, 0.2) is 77.9 Å². The lowest BCUT2D eigenvalue weighted by atomic mass is 10.1. The van der Waals surface area contributed by atoms with E-state index in [2.05, 4.69) is 15.5 Å². The van der Waals surface area contributed by atoms with Gasteiger partial charge in [0.1, 0.15) is 11.4 Å². The number of ether oxygens (including phenoxy) is 1. The second-order valence-electron chi connectivity index (χ2n) is 6.63. The maximum Gasteiger partial charge on any atom is 0.416 e. The molecule has 0 unspecified atom stereocenters. The van der Waals surface area contributed by atoms with E-state index in [1.54, 1.807) is 13.2 Å². The minimum Gasteiger partial charge on any atom is -0.497 e. The molecule has 0 bridgehead atoms. The van der Waals surface area contributed by atoms with Crippen LogP contribution in [-0.4, -0.2) is 23.3 Å². The van der Waals surface area contributed by atoms with Gasteiger partial charge in [-0.25, -0.2) is 9.97 Å². The minimum absolute atomic E-state index is 0.412. The van der Waals surface area contributed by atoms with E-state index in [4.69, 9.17) is 9.72 Å². The molecule has 5 nitrogen and oxygen atoms in total. The van der Waals surface area contributed by atoms with Gasteiger partial charge in [0, 0.05) is 11.6 Å². The van der Waals surface area contributed by atoms with Gasteiger partial charge in [-0.1, -0.05) is 42.5 Å². The first kappa shape index (κ1) is 20.3. The topological polar surface area (TPSA) is 59.4 Å². The molecule has 8 heteroatoms. The van der Waals surface area contributed by atoms with Crippen molar-refractivity contribution in [3.63, 3.8) is 0 Å². The van der Waals surface area contributed by atoms with Crippen LogP contribution in [0.4, 0.5) is 19.0 Å². The summed E-state index contributed by atoms with van der Waals surface area (Å²) < 4.78 is 43.4. The van der Waals surface area contributed by atoms with Crippen LogP contribution in [0.25, 0.3) is 22.3 Å². The third kappa shape index (κ3) is 4.63. The molecule has 0 aliphatic rings. The SMILES string of the molecule is COc1ccc2nc(-c3ccccc3)c(N/N=C/c3ccc(C(F)(F)F)cc3)nc2c1. The Morgan fingerprint density at radius 3 is 2.32 bits per heavy atom. The molecule has 3 aromatic carbocycles. The molecule has 0 amide bonds. The molecule has 1 heterocycles. The first-order valence-corrected chi connectivity index (χ1v) is 9.31. The monoisotopic (exact) mass is 422 g/mol. The Balaban J connectivity index is 1.67. The number of methoxy groups -OCH3 is 1. The number of benzene rings is 3. The van der Waals surface area contributed by atoms with Crippen LogP contribution in [0.5, 0.6) is 5.75 Å². The lowest BCUT2D eigenvalue weighted by Gasteiger charge is -2.10. The number of alkyl halides is 3. The molecule has 0 atom stereocenters. The number of nitrogens with zero attached hydrogens (tertiary/aromatic N) is 3. The second kappa shape index (κ2) is 8.43. The lowest BCUT2D eigenvalue weighted by Crippen LogP contribution is -2.04. The first-order valence-electron chi connectivity index (χ1n) is 9.31. The van der Waals surface area contributed by atoms with Crippen LogP contribution >= 0.6 is 0 Å². The number of nitrogens with one attached hydrogen (secondary N) is 1. The molecule has 1 aromatic heterocycles. The first-order chi connectivity index (χ1) is 14.9. The molecule has 31 heavy (non-hydrogen) atoms. The Morgan fingerprint density at radius 2 is 1.65 bits per heavy atom. The third-order valence-corrected chi connectivity index (χ3v) is 4.54. The fraction of sp³-hybridized carbons (Fsp3) is 0.0870. The molecule has 0 spiro atoms. The average Bonchev–Trinajstić information content (AvgIpc) is 2.78. The van der Waals surface area contributed by atoms with Crippen molar-refractivity contribution >= 4 is 23.1 Å². The van der Waals surface area contributed by atoms with Gasteiger partial charge < -0.3 is 4.74 Å². The zero-order valence-electron chi connectivity index (χ0n) is 16.4. The number of hydrogen-bond acceptors (Lipinski definition) is 5. The highest BCUT2D eigenvalue weighted by molar-refractivity contribution is 5.85. The summed E-state index contributed by atoms with van der Waals surface area (Å²) in [7, 11) is 1.57. The fourth-order valence-electron chi connectivity index (χ4n) is 2.96. The van der Waals surface area contributed by atoms with Crippen LogP contribution in [0.1, 0.15) is 11.1 Å². The molecule has 156 valence electrons. The second-order valence-corrected chi connectivity index (χ2v) is 6.63. The highest BCUT2D eigenvalue weighted by Crippen LogP contribution is 2.30. The quantitative estimate of drug-likeness (QED) is 0.328. The summed E-state index contributed by atoms with van der Waals surface area (Å²) in [5.41, 5.74) is 5.42. The van der Waals surface area contributed by atoms with Gasteiger partial charge in [0.15, 0.2) is 5.82 Å². The van der Waals surface area contributed by atoms with Gasteiger partial charge in [0.25, 0.3) is 0 Å². The van der Waals surface area contributed by atoms with Crippen LogP contribution < -0.4 is 10.2 Å². The zero-order valence-corrected chi connectivity index (χ0v) is 16.4. The fourth-order valence-corrected chi connectivity index (χ4v) is 2.96. The number of fused-ring (bicyclic) bond motifs is 1. The van der Waals surface area contributed by atoms with E-state index in [9.17, 15) is 13.2 Å². The lowest BCUT2D eigenvalue weighted by molar-refractivity contribution is -0.137. The maximum atomic E-state index is 12.7. The van der Waals surface area contributed by atoms with Crippen molar-refractivity contribution in [2.24, 2.45) is 5.10 Å². The predicted molar refractivity (Wildman–Crippen MR) is 114 cm³/mol. The Morgan fingerprint density at radius 1 is 0.903 bits per heavy atom. The summed E-state index contributed by atoms with van der Waals surface area (Å²) in [5, 5.41) is 4.15. The van der Waals surface area contributed by atoms with Crippen LogP contribution in [0, 0.1) is 0 Å². The molecule has 0 aliphatic carbocycles. The molecular formula is C23H17F3N4O. The molecule has 0 aliphatic heterocycles. The van der Waals surface area contributed by atoms with Crippen LogP contribution in [0.3, 0.4) is 0 Å². The molecule has 1 N–H and O–H groups in total. The van der Waals surface area contributed by atoms with E-state index in [1.807, 2.05) is 42.5 Å². The highest BCUT2D eigenvalue weighted by Gasteiger charge is 2.29. The van der Waals surface area contributed by atoms with Gasteiger partial charge in [-0.3, -0.25) is 5.43 Å². The summed E-state index contributed by atoms with van der Waals surface area (Å²) in [5.74, 6) is 1.06. The van der Waals surface area contributed by atoms with Crippen LogP contribution in [0.2, 0.25) is 0 Å². The van der Waals surface area contributed by atoms with Crippen molar-refractivity contribution < 1.29 is 17.9 Å². The standard InChI is InChI=1S/C23H17F3N4O/c1-31-18-11-12-19-20(13-18)29-22(21(28-19)16-5-3-2-4-6-16)30-27-14-15-7-9-17(10-8-15)23(24,25)26/h2-14H,1H3,(H,29,30)/b27-14+. The van der Waals surface area contributed by atoms with Gasteiger partial charge >= 0.3 is 6.18 Å². The zero-order chi connectivity index (χ0) is 21.8. The number of hydrazone groups is 1. The van der Waals surface area contributed by atoms with Crippen molar-refractivity contribution in [1.29, 1.82) is 0 Å². The number of halogens is 3. The summed E-state index contributed by atoms with van der Waals surface area (Å²) in [6.07, 6.45) is -2.95. The maximum absolute atomic E-state index is 12.7. The molecule has 0 saturated heterocycles. The Labute approximate surface area is 176 Å².